The van der Waals surface area contributed by atoms with Gasteiger partial charge in [0.25, 0.3) is 0 Å². The second kappa shape index (κ2) is 7.55. The Morgan fingerprint density at radius 3 is 2.57 bits per heavy atom. The minimum Gasteiger partial charge on any atom is -1.00 e. The van der Waals surface area contributed by atoms with E-state index in [0.717, 1.165) is 47.8 Å². The molecule has 2 aromatic carbocycles. The highest BCUT2D eigenvalue weighted by molar-refractivity contribution is 5.95. The topological polar surface area (TPSA) is 40.8 Å². The molecule has 6 rings (SSSR count). The van der Waals surface area contributed by atoms with Crippen LogP contribution in [0.25, 0.3) is 22.0 Å². The molecule has 0 amide bonds. The molecule has 0 aliphatic carbocycles. The highest BCUT2D eigenvalue weighted by atomic mass is 35.5. The number of hydrogen-bond acceptors (Lipinski definition) is 4. The smallest absolute Gasteiger partial charge is 0.231 e. The maximum atomic E-state index is 5.84. The van der Waals surface area contributed by atoms with Crippen molar-refractivity contribution >= 4 is 10.8 Å². The van der Waals surface area contributed by atoms with Crippen LogP contribution < -0.4 is 35.9 Å². The third kappa shape index (κ3) is 2.87. The second-order valence-electron chi connectivity index (χ2n) is 7.98. The van der Waals surface area contributed by atoms with Crippen LogP contribution in [0.2, 0.25) is 0 Å². The van der Waals surface area contributed by atoms with Crippen LogP contribution in [-0.4, -0.2) is 13.6 Å². The quantitative estimate of drug-likeness (QED) is 0.470. The molecule has 6 heteroatoms. The van der Waals surface area contributed by atoms with Crippen LogP contribution in [0.15, 0.2) is 30.5 Å². The van der Waals surface area contributed by atoms with Crippen molar-refractivity contribution in [3.63, 3.8) is 0 Å². The molecule has 0 spiro atoms. The summed E-state index contributed by atoms with van der Waals surface area (Å²) >= 11 is 0. The summed E-state index contributed by atoms with van der Waals surface area (Å²) in [6.45, 7) is 3.81. The number of ether oxygens (including phenoxy) is 4. The second-order valence-corrected chi connectivity index (χ2v) is 7.98. The Labute approximate surface area is 181 Å². The van der Waals surface area contributed by atoms with E-state index in [1.54, 1.807) is 0 Å². The molecule has 0 fully saturated rings. The molecule has 1 aromatic heterocycles. The van der Waals surface area contributed by atoms with E-state index in [9.17, 15) is 0 Å². The highest BCUT2D eigenvalue weighted by Crippen LogP contribution is 2.44. The SMILES string of the molecule is CCCCCc1c2[n+](cc3c4c(ccc13)OCO4)CCc1cc3c(cc1-2)OCO3.[Cl-]. The lowest BCUT2D eigenvalue weighted by atomic mass is 9.89. The molecule has 0 saturated heterocycles. The fraction of sp³-hybridized carbons (Fsp3) is 0.375. The largest absolute Gasteiger partial charge is 1.00 e. The van der Waals surface area contributed by atoms with Crippen LogP contribution >= 0.6 is 0 Å². The van der Waals surface area contributed by atoms with E-state index in [0.29, 0.717) is 13.6 Å². The monoisotopic (exact) mass is 425 g/mol. The fourth-order valence-electron chi connectivity index (χ4n) is 4.86. The number of fused-ring (bicyclic) bond motifs is 7. The number of aromatic nitrogens is 1. The standard InChI is InChI=1S/C24H24NO4.ClH/c1-2-3-4-5-17-16-6-7-20-24(29-14-26-20)19(16)12-25-9-8-15-10-21-22(28-13-27-21)11-18(15)23(17)25;/h6-7,10-12H,2-5,8-9,13-14H2,1H3;1H/q+1;/p-1. The van der Waals surface area contributed by atoms with Gasteiger partial charge < -0.3 is 31.4 Å². The Balaban J connectivity index is 0.00000193. The summed E-state index contributed by atoms with van der Waals surface area (Å²) in [6.07, 6.45) is 7.89. The van der Waals surface area contributed by atoms with Crippen molar-refractivity contribution < 1.29 is 35.9 Å². The minimum absolute atomic E-state index is 0. The first-order valence-electron chi connectivity index (χ1n) is 10.5. The first-order valence-corrected chi connectivity index (χ1v) is 10.5. The maximum Gasteiger partial charge on any atom is 0.231 e. The number of unbranched alkanes of at least 4 members (excludes halogenated alkanes) is 2. The molecule has 0 radical (unpaired) electrons. The van der Waals surface area contributed by atoms with Crippen LogP contribution in [0, 0.1) is 0 Å². The van der Waals surface area contributed by atoms with E-state index >= 15 is 0 Å². The first-order chi connectivity index (χ1) is 14.3. The third-order valence-corrected chi connectivity index (χ3v) is 6.27. The summed E-state index contributed by atoms with van der Waals surface area (Å²) in [5, 5.41) is 2.42. The fourth-order valence-corrected chi connectivity index (χ4v) is 4.86. The number of benzene rings is 2. The lowest BCUT2D eigenvalue weighted by molar-refractivity contribution is -0.686. The van der Waals surface area contributed by atoms with E-state index in [1.165, 1.54) is 47.0 Å². The molecular formula is C24H24ClNO4. The van der Waals surface area contributed by atoms with Crippen molar-refractivity contribution in [2.24, 2.45) is 0 Å². The maximum absolute atomic E-state index is 5.84. The van der Waals surface area contributed by atoms with Gasteiger partial charge in [-0.25, -0.2) is 0 Å². The van der Waals surface area contributed by atoms with Gasteiger partial charge >= 0.3 is 0 Å². The summed E-state index contributed by atoms with van der Waals surface area (Å²) in [5.74, 6) is 3.44. The van der Waals surface area contributed by atoms with Crippen LogP contribution in [0.5, 0.6) is 23.0 Å². The molecule has 5 nitrogen and oxygen atoms in total. The van der Waals surface area contributed by atoms with Crippen LogP contribution in [0.3, 0.4) is 0 Å². The van der Waals surface area contributed by atoms with E-state index in [-0.39, 0.29) is 12.4 Å². The predicted molar refractivity (Wildman–Crippen MR) is 109 cm³/mol. The predicted octanol–water partition coefficient (Wildman–Crippen LogP) is 1.54. The number of aryl methyl sites for hydroxylation is 3. The molecule has 0 atom stereocenters. The normalized spacial score (nSPS) is 15.0. The zero-order chi connectivity index (χ0) is 19.4. The molecule has 4 heterocycles. The molecule has 0 unspecified atom stereocenters. The van der Waals surface area contributed by atoms with Gasteiger partial charge in [0.05, 0.1) is 10.9 Å². The molecule has 0 saturated carbocycles. The van der Waals surface area contributed by atoms with Gasteiger partial charge in [-0.05, 0) is 42.7 Å². The van der Waals surface area contributed by atoms with Crippen molar-refractivity contribution in [1.29, 1.82) is 0 Å². The number of pyridine rings is 1. The number of nitrogens with zero attached hydrogens (tertiary/aromatic N) is 1. The van der Waals surface area contributed by atoms with E-state index in [1.807, 2.05) is 0 Å². The van der Waals surface area contributed by atoms with Gasteiger partial charge in [0.2, 0.25) is 19.3 Å². The van der Waals surface area contributed by atoms with E-state index in [4.69, 9.17) is 18.9 Å². The van der Waals surface area contributed by atoms with Gasteiger partial charge in [0, 0.05) is 17.4 Å². The van der Waals surface area contributed by atoms with Gasteiger partial charge in [0.15, 0.2) is 35.7 Å². The molecule has 156 valence electrons. The van der Waals surface area contributed by atoms with Crippen LogP contribution in [0.4, 0.5) is 0 Å². The van der Waals surface area contributed by atoms with Crippen LogP contribution in [-0.2, 0) is 19.4 Å². The zero-order valence-corrected chi connectivity index (χ0v) is 17.8. The average molecular weight is 426 g/mol. The molecule has 0 bridgehead atoms. The Kier molecular flexibility index (Phi) is 4.86. The zero-order valence-electron chi connectivity index (χ0n) is 17.0. The first kappa shape index (κ1) is 19.3. The van der Waals surface area contributed by atoms with Gasteiger partial charge in [-0.3, -0.25) is 0 Å². The lowest BCUT2D eigenvalue weighted by Crippen LogP contribution is -3.00. The lowest BCUT2D eigenvalue weighted by Gasteiger charge is -2.20. The average Bonchev–Trinajstić information content (AvgIpc) is 3.40. The Hall–Kier alpha value is -2.66. The number of halogens is 1. The molecule has 3 aromatic rings. The Morgan fingerprint density at radius 2 is 1.70 bits per heavy atom. The summed E-state index contributed by atoms with van der Waals surface area (Å²) in [7, 11) is 0. The summed E-state index contributed by atoms with van der Waals surface area (Å²) in [4.78, 5) is 0. The molecular weight excluding hydrogens is 402 g/mol. The summed E-state index contributed by atoms with van der Waals surface area (Å²) in [6, 6.07) is 8.59. The Bertz CT molecular complexity index is 1140. The van der Waals surface area contributed by atoms with Crippen molar-refractivity contribution in [3.05, 3.63) is 41.6 Å². The molecule has 30 heavy (non-hydrogen) atoms. The molecule has 3 aliphatic rings. The van der Waals surface area contributed by atoms with Gasteiger partial charge in [-0.2, -0.15) is 4.57 Å². The summed E-state index contributed by atoms with van der Waals surface area (Å²) in [5.41, 5.74) is 5.32. The van der Waals surface area contributed by atoms with E-state index in [2.05, 4.69) is 42.0 Å². The van der Waals surface area contributed by atoms with Crippen molar-refractivity contribution in [1.82, 2.24) is 0 Å². The van der Waals surface area contributed by atoms with Crippen molar-refractivity contribution in [3.8, 4) is 34.3 Å². The van der Waals surface area contributed by atoms with Crippen molar-refractivity contribution in [2.45, 2.75) is 45.6 Å². The van der Waals surface area contributed by atoms with Gasteiger partial charge in [-0.15, -0.1) is 0 Å². The number of rotatable bonds is 4. The molecule has 3 aliphatic heterocycles. The molecule has 0 N–H and O–H groups in total. The third-order valence-electron chi connectivity index (χ3n) is 6.27. The number of hydrogen-bond donors (Lipinski definition) is 0. The van der Waals surface area contributed by atoms with Gasteiger partial charge in [0.1, 0.15) is 0 Å². The Morgan fingerprint density at radius 1 is 0.900 bits per heavy atom. The van der Waals surface area contributed by atoms with Gasteiger partial charge in [-0.1, -0.05) is 19.8 Å². The highest BCUT2D eigenvalue weighted by Gasteiger charge is 2.32. The van der Waals surface area contributed by atoms with E-state index < -0.39 is 0 Å². The van der Waals surface area contributed by atoms with Crippen LogP contribution in [0.1, 0.15) is 37.3 Å². The van der Waals surface area contributed by atoms with Crippen molar-refractivity contribution in [2.75, 3.05) is 13.6 Å². The minimum atomic E-state index is 0. The summed E-state index contributed by atoms with van der Waals surface area (Å²) < 4.78 is 25.2.